The second-order valence-corrected chi connectivity index (χ2v) is 6.50. The molecule has 0 saturated carbocycles. The molecule has 3 rings (SSSR count). The Morgan fingerprint density at radius 1 is 1.00 bits per heavy atom. The van der Waals surface area contributed by atoms with Crippen molar-refractivity contribution in [2.75, 3.05) is 29.9 Å². The van der Waals surface area contributed by atoms with Gasteiger partial charge in [-0.25, -0.2) is 0 Å². The van der Waals surface area contributed by atoms with Crippen molar-refractivity contribution < 1.29 is 4.79 Å². The molecule has 0 aromatic heterocycles. The van der Waals surface area contributed by atoms with Gasteiger partial charge in [0.2, 0.25) is 0 Å². The Labute approximate surface area is 139 Å². The molecule has 3 nitrogen and oxygen atoms in total. The fourth-order valence-electron chi connectivity index (χ4n) is 2.77. The maximum absolute atomic E-state index is 12.5. The van der Waals surface area contributed by atoms with Crippen molar-refractivity contribution in [3.05, 3.63) is 58.6 Å². The van der Waals surface area contributed by atoms with Crippen LogP contribution < -0.4 is 9.80 Å². The lowest BCUT2D eigenvalue weighted by molar-refractivity contribution is 0.0993. The first kappa shape index (κ1) is 15.1. The maximum Gasteiger partial charge on any atom is 0.258 e. The van der Waals surface area contributed by atoms with Crippen LogP contribution in [0.25, 0.3) is 0 Å². The molecule has 4 heteroatoms. The molecule has 22 heavy (non-hydrogen) atoms. The Morgan fingerprint density at radius 3 is 2.18 bits per heavy atom. The average Bonchev–Trinajstić information content (AvgIpc) is 3.09. The summed E-state index contributed by atoms with van der Waals surface area (Å²) in [6, 6.07) is 15.7. The summed E-state index contributed by atoms with van der Waals surface area (Å²) in [5.41, 5.74) is 2.84. The van der Waals surface area contributed by atoms with Gasteiger partial charge in [0.05, 0.1) is 0 Å². The van der Waals surface area contributed by atoms with Crippen molar-refractivity contribution in [3.8, 4) is 0 Å². The number of rotatable bonds is 3. The normalized spacial score (nSPS) is 14.2. The molecular formula is C18H19BrN2O. The summed E-state index contributed by atoms with van der Waals surface area (Å²) in [6.45, 7) is 2.26. The van der Waals surface area contributed by atoms with E-state index in [1.54, 1.807) is 4.90 Å². The van der Waals surface area contributed by atoms with Crippen molar-refractivity contribution in [1.29, 1.82) is 0 Å². The van der Waals surface area contributed by atoms with E-state index in [0.717, 1.165) is 23.2 Å². The first-order valence-corrected chi connectivity index (χ1v) is 8.33. The molecule has 1 saturated heterocycles. The predicted octanol–water partition coefficient (Wildman–Crippen LogP) is 4.33. The minimum Gasteiger partial charge on any atom is -0.372 e. The lowest BCUT2D eigenvalue weighted by Gasteiger charge is -2.21. The molecule has 2 aromatic rings. The van der Waals surface area contributed by atoms with Gasteiger partial charge in [-0.15, -0.1) is 0 Å². The molecule has 1 heterocycles. The van der Waals surface area contributed by atoms with E-state index < -0.39 is 0 Å². The molecule has 0 spiro atoms. The topological polar surface area (TPSA) is 23.6 Å². The molecule has 1 aliphatic rings. The SMILES string of the molecule is CN(C(=O)c1ccc(Br)cc1)c1ccc(N2CCCC2)cc1. The van der Waals surface area contributed by atoms with Crippen LogP contribution in [0.5, 0.6) is 0 Å². The Hall–Kier alpha value is -1.81. The summed E-state index contributed by atoms with van der Waals surface area (Å²) in [4.78, 5) is 16.6. The Morgan fingerprint density at radius 2 is 1.59 bits per heavy atom. The molecule has 0 atom stereocenters. The number of hydrogen-bond acceptors (Lipinski definition) is 2. The smallest absolute Gasteiger partial charge is 0.258 e. The minimum atomic E-state index is 0.00132. The predicted molar refractivity (Wildman–Crippen MR) is 94.8 cm³/mol. The fraction of sp³-hybridized carbons (Fsp3) is 0.278. The number of halogens is 1. The van der Waals surface area contributed by atoms with E-state index in [4.69, 9.17) is 0 Å². The third-order valence-electron chi connectivity index (χ3n) is 4.10. The summed E-state index contributed by atoms with van der Waals surface area (Å²) in [5.74, 6) is 0.00132. The van der Waals surface area contributed by atoms with Crippen molar-refractivity contribution in [1.82, 2.24) is 0 Å². The highest BCUT2D eigenvalue weighted by Gasteiger charge is 2.15. The third kappa shape index (κ3) is 3.17. The van der Waals surface area contributed by atoms with E-state index in [1.807, 2.05) is 43.4 Å². The maximum atomic E-state index is 12.5. The van der Waals surface area contributed by atoms with Crippen LogP contribution in [-0.4, -0.2) is 26.0 Å². The van der Waals surface area contributed by atoms with Crippen LogP contribution in [0.3, 0.4) is 0 Å². The minimum absolute atomic E-state index is 0.00132. The number of carbonyl (C=O) groups excluding carboxylic acids is 1. The van der Waals surface area contributed by atoms with Crippen LogP contribution in [0.1, 0.15) is 23.2 Å². The van der Waals surface area contributed by atoms with E-state index in [-0.39, 0.29) is 5.91 Å². The van der Waals surface area contributed by atoms with Crippen molar-refractivity contribution >= 4 is 33.2 Å². The molecular weight excluding hydrogens is 340 g/mol. The van der Waals surface area contributed by atoms with Gasteiger partial charge in [-0.05, 0) is 61.4 Å². The lowest BCUT2D eigenvalue weighted by Crippen LogP contribution is -2.26. The number of anilines is 2. The monoisotopic (exact) mass is 358 g/mol. The summed E-state index contributed by atoms with van der Waals surface area (Å²) in [6.07, 6.45) is 2.54. The van der Waals surface area contributed by atoms with Crippen LogP contribution >= 0.6 is 15.9 Å². The molecule has 1 aliphatic heterocycles. The van der Waals surface area contributed by atoms with Gasteiger partial charge in [0.25, 0.3) is 5.91 Å². The summed E-state index contributed by atoms with van der Waals surface area (Å²) in [5, 5.41) is 0. The van der Waals surface area contributed by atoms with Gasteiger partial charge in [0, 0.05) is 41.5 Å². The second kappa shape index (κ2) is 6.53. The first-order chi connectivity index (χ1) is 10.6. The molecule has 0 bridgehead atoms. The van der Waals surface area contributed by atoms with Gasteiger partial charge in [0.1, 0.15) is 0 Å². The highest BCUT2D eigenvalue weighted by Crippen LogP contribution is 2.24. The van der Waals surface area contributed by atoms with Gasteiger partial charge >= 0.3 is 0 Å². The molecule has 0 radical (unpaired) electrons. The Bertz CT molecular complexity index is 646. The lowest BCUT2D eigenvalue weighted by atomic mass is 10.2. The van der Waals surface area contributed by atoms with E-state index in [1.165, 1.54) is 18.5 Å². The average molecular weight is 359 g/mol. The van der Waals surface area contributed by atoms with E-state index in [0.29, 0.717) is 5.56 Å². The van der Waals surface area contributed by atoms with Gasteiger partial charge in [-0.3, -0.25) is 4.79 Å². The molecule has 114 valence electrons. The van der Waals surface area contributed by atoms with E-state index in [9.17, 15) is 4.79 Å². The zero-order chi connectivity index (χ0) is 15.5. The standard InChI is InChI=1S/C18H19BrN2O/c1-20(18(22)14-4-6-15(19)7-5-14)16-8-10-17(11-9-16)21-12-2-3-13-21/h4-11H,2-3,12-13H2,1H3. The van der Waals surface area contributed by atoms with Crippen molar-refractivity contribution in [2.45, 2.75) is 12.8 Å². The van der Waals surface area contributed by atoms with Crippen molar-refractivity contribution in [2.24, 2.45) is 0 Å². The zero-order valence-electron chi connectivity index (χ0n) is 12.6. The third-order valence-corrected chi connectivity index (χ3v) is 4.63. The highest BCUT2D eigenvalue weighted by molar-refractivity contribution is 9.10. The van der Waals surface area contributed by atoms with Gasteiger partial charge in [0.15, 0.2) is 0 Å². The fourth-order valence-corrected chi connectivity index (χ4v) is 3.03. The molecule has 2 aromatic carbocycles. The van der Waals surface area contributed by atoms with Crippen molar-refractivity contribution in [3.63, 3.8) is 0 Å². The highest BCUT2D eigenvalue weighted by atomic mass is 79.9. The van der Waals surface area contributed by atoms with Gasteiger partial charge in [-0.1, -0.05) is 15.9 Å². The molecule has 0 N–H and O–H groups in total. The number of amides is 1. The molecule has 1 amide bonds. The van der Waals surface area contributed by atoms with E-state index >= 15 is 0 Å². The van der Waals surface area contributed by atoms with Crippen LogP contribution in [0.4, 0.5) is 11.4 Å². The molecule has 0 unspecified atom stereocenters. The number of hydrogen-bond donors (Lipinski definition) is 0. The number of carbonyl (C=O) groups is 1. The molecule has 0 aliphatic carbocycles. The number of benzene rings is 2. The summed E-state index contributed by atoms with van der Waals surface area (Å²) >= 11 is 3.39. The van der Waals surface area contributed by atoms with Gasteiger partial charge < -0.3 is 9.80 Å². The van der Waals surface area contributed by atoms with Crippen LogP contribution in [0, 0.1) is 0 Å². The van der Waals surface area contributed by atoms with Crippen LogP contribution in [0.15, 0.2) is 53.0 Å². The molecule has 1 fully saturated rings. The summed E-state index contributed by atoms with van der Waals surface area (Å²) < 4.78 is 0.974. The number of nitrogens with zero attached hydrogens (tertiary/aromatic N) is 2. The largest absolute Gasteiger partial charge is 0.372 e. The summed E-state index contributed by atoms with van der Waals surface area (Å²) in [7, 11) is 1.81. The zero-order valence-corrected chi connectivity index (χ0v) is 14.2. The first-order valence-electron chi connectivity index (χ1n) is 7.54. The Balaban J connectivity index is 1.75. The Kier molecular flexibility index (Phi) is 4.48. The van der Waals surface area contributed by atoms with E-state index in [2.05, 4.69) is 33.0 Å². The quantitative estimate of drug-likeness (QED) is 0.815. The van der Waals surface area contributed by atoms with Crippen LogP contribution in [-0.2, 0) is 0 Å². The van der Waals surface area contributed by atoms with Gasteiger partial charge in [-0.2, -0.15) is 0 Å². The van der Waals surface area contributed by atoms with Crippen LogP contribution in [0.2, 0.25) is 0 Å². The second-order valence-electron chi connectivity index (χ2n) is 5.58.